The average Bonchev–Trinajstić information content (AvgIpc) is 2.95. The van der Waals surface area contributed by atoms with Gasteiger partial charge in [-0.1, -0.05) is 42.5 Å². The van der Waals surface area contributed by atoms with E-state index < -0.39 is 0 Å². The molecule has 0 spiro atoms. The first kappa shape index (κ1) is 15.4. The van der Waals surface area contributed by atoms with Gasteiger partial charge in [0.1, 0.15) is 29.5 Å². The van der Waals surface area contributed by atoms with Crippen molar-refractivity contribution < 1.29 is 4.74 Å². The summed E-state index contributed by atoms with van der Waals surface area (Å²) in [6, 6.07) is 10.0. The highest BCUT2D eigenvalue weighted by Crippen LogP contribution is 2.25. The SMILES string of the molecule is CNc1ncnc2c1c(C(N)=S)cn2COCc1ccccc1. The Kier molecular flexibility index (Phi) is 4.50. The van der Waals surface area contributed by atoms with E-state index in [1.54, 1.807) is 7.05 Å². The third-order valence-corrected chi connectivity index (χ3v) is 3.72. The highest BCUT2D eigenvalue weighted by Gasteiger charge is 2.15. The van der Waals surface area contributed by atoms with E-state index in [1.807, 2.05) is 41.1 Å². The lowest BCUT2D eigenvalue weighted by Gasteiger charge is -2.07. The Morgan fingerprint density at radius 1 is 1.30 bits per heavy atom. The molecular formula is C16H17N5OS. The van der Waals surface area contributed by atoms with Crippen molar-refractivity contribution in [2.75, 3.05) is 12.4 Å². The van der Waals surface area contributed by atoms with E-state index in [0.717, 1.165) is 22.2 Å². The first-order valence-electron chi connectivity index (χ1n) is 7.13. The van der Waals surface area contributed by atoms with E-state index in [4.69, 9.17) is 22.7 Å². The molecule has 3 N–H and O–H groups in total. The van der Waals surface area contributed by atoms with Crippen LogP contribution in [0.4, 0.5) is 5.82 Å². The molecule has 2 aromatic heterocycles. The topological polar surface area (TPSA) is 78.0 Å². The molecule has 0 bridgehead atoms. The maximum atomic E-state index is 5.83. The highest BCUT2D eigenvalue weighted by atomic mass is 32.1. The van der Waals surface area contributed by atoms with Gasteiger partial charge in [-0.3, -0.25) is 0 Å². The number of benzene rings is 1. The van der Waals surface area contributed by atoms with Gasteiger partial charge in [0.2, 0.25) is 0 Å². The molecular weight excluding hydrogens is 310 g/mol. The molecule has 23 heavy (non-hydrogen) atoms. The zero-order valence-electron chi connectivity index (χ0n) is 12.7. The number of rotatable bonds is 6. The van der Waals surface area contributed by atoms with Gasteiger partial charge in [-0.25, -0.2) is 9.97 Å². The van der Waals surface area contributed by atoms with Crippen LogP contribution in [0.5, 0.6) is 0 Å². The second-order valence-corrected chi connectivity index (χ2v) is 5.45. The van der Waals surface area contributed by atoms with Gasteiger partial charge < -0.3 is 20.4 Å². The van der Waals surface area contributed by atoms with Crippen LogP contribution in [0, 0.1) is 0 Å². The molecule has 0 saturated carbocycles. The minimum atomic E-state index is 0.308. The Morgan fingerprint density at radius 3 is 2.78 bits per heavy atom. The van der Waals surface area contributed by atoms with E-state index in [1.165, 1.54) is 6.33 Å². The zero-order valence-corrected chi connectivity index (χ0v) is 13.5. The smallest absolute Gasteiger partial charge is 0.148 e. The summed E-state index contributed by atoms with van der Waals surface area (Å²) in [6.07, 6.45) is 3.36. The van der Waals surface area contributed by atoms with E-state index >= 15 is 0 Å². The highest BCUT2D eigenvalue weighted by molar-refractivity contribution is 7.80. The molecule has 0 aliphatic heterocycles. The summed E-state index contributed by atoms with van der Waals surface area (Å²) in [5.41, 5.74) is 8.42. The van der Waals surface area contributed by atoms with Gasteiger partial charge in [0.25, 0.3) is 0 Å². The molecule has 1 aromatic carbocycles. The monoisotopic (exact) mass is 327 g/mol. The van der Waals surface area contributed by atoms with Crippen LogP contribution in [-0.4, -0.2) is 26.6 Å². The quantitative estimate of drug-likeness (QED) is 0.676. The van der Waals surface area contributed by atoms with Crippen LogP contribution in [0.1, 0.15) is 11.1 Å². The van der Waals surface area contributed by atoms with Gasteiger partial charge in [-0.05, 0) is 5.56 Å². The van der Waals surface area contributed by atoms with E-state index in [0.29, 0.717) is 24.1 Å². The van der Waals surface area contributed by atoms with Crippen LogP contribution in [0.2, 0.25) is 0 Å². The number of hydrogen-bond acceptors (Lipinski definition) is 5. The van der Waals surface area contributed by atoms with Crippen molar-refractivity contribution in [3.63, 3.8) is 0 Å². The first-order chi connectivity index (χ1) is 11.2. The third kappa shape index (κ3) is 3.15. The molecule has 0 aliphatic carbocycles. The van der Waals surface area contributed by atoms with Crippen molar-refractivity contribution in [1.82, 2.24) is 14.5 Å². The lowest BCUT2D eigenvalue weighted by Crippen LogP contribution is -2.09. The summed E-state index contributed by atoms with van der Waals surface area (Å²) in [5.74, 6) is 0.694. The van der Waals surface area contributed by atoms with E-state index in [9.17, 15) is 0 Å². The predicted molar refractivity (Wildman–Crippen MR) is 94.2 cm³/mol. The number of hydrogen-bond donors (Lipinski definition) is 2. The van der Waals surface area contributed by atoms with Crippen molar-refractivity contribution in [2.45, 2.75) is 13.3 Å². The number of nitrogens with two attached hydrogens (primary N) is 1. The number of aromatic nitrogens is 3. The van der Waals surface area contributed by atoms with Crippen LogP contribution >= 0.6 is 12.2 Å². The van der Waals surface area contributed by atoms with Gasteiger partial charge in [-0.2, -0.15) is 0 Å². The standard InChI is InChI=1S/C16H17N5OS/c1-18-15-13-12(14(17)23)7-21(16(13)20-9-19-15)10-22-8-11-5-3-2-4-6-11/h2-7,9H,8,10H2,1H3,(H2,17,23)(H,18,19,20). The second kappa shape index (κ2) is 6.72. The van der Waals surface area contributed by atoms with Crippen molar-refractivity contribution in [3.8, 4) is 0 Å². The Hall–Kier alpha value is -2.51. The lowest BCUT2D eigenvalue weighted by molar-refractivity contribution is 0.0664. The van der Waals surface area contributed by atoms with Crippen LogP contribution < -0.4 is 11.1 Å². The number of thiocarbonyl (C=S) groups is 1. The first-order valence-corrected chi connectivity index (χ1v) is 7.54. The molecule has 0 amide bonds. The summed E-state index contributed by atoms with van der Waals surface area (Å²) in [6.45, 7) is 0.876. The van der Waals surface area contributed by atoms with Crippen molar-refractivity contribution >= 4 is 34.1 Å². The fourth-order valence-corrected chi connectivity index (χ4v) is 2.59. The maximum absolute atomic E-state index is 5.83. The molecule has 2 heterocycles. The molecule has 0 unspecified atom stereocenters. The molecule has 0 radical (unpaired) electrons. The molecule has 0 saturated heterocycles. The fraction of sp³-hybridized carbons (Fsp3) is 0.188. The maximum Gasteiger partial charge on any atom is 0.148 e. The van der Waals surface area contributed by atoms with Crippen LogP contribution in [0.25, 0.3) is 11.0 Å². The Labute approximate surface area is 139 Å². The minimum absolute atomic E-state index is 0.308. The van der Waals surface area contributed by atoms with Gasteiger partial charge in [0.05, 0.1) is 12.0 Å². The fourth-order valence-electron chi connectivity index (χ4n) is 2.43. The van der Waals surface area contributed by atoms with Gasteiger partial charge >= 0.3 is 0 Å². The molecule has 3 aromatic rings. The normalized spacial score (nSPS) is 10.8. The summed E-state index contributed by atoms with van der Waals surface area (Å²) < 4.78 is 7.66. The number of fused-ring (bicyclic) bond motifs is 1. The Balaban J connectivity index is 1.87. The van der Waals surface area contributed by atoms with Gasteiger partial charge in [0, 0.05) is 18.8 Å². The van der Waals surface area contributed by atoms with Crippen molar-refractivity contribution in [2.24, 2.45) is 5.73 Å². The number of nitrogens with one attached hydrogen (secondary N) is 1. The minimum Gasteiger partial charge on any atom is -0.389 e. The third-order valence-electron chi connectivity index (χ3n) is 3.50. The number of ether oxygens (including phenoxy) is 1. The Bertz CT molecular complexity index is 831. The Morgan fingerprint density at radius 2 is 2.09 bits per heavy atom. The molecule has 0 aliphatic rings. The summed E-state index contributed by atoms with van der Waals surface area (Å²) in [5, 5.41) is 3.85. The molecule has 0 atom stereocenters. The number of anilines is 1. The van der Waals surface area contributed by atoms with Crippen molar-refractivity contribution in [3.05, 3.63) is 54.0 Å². The van der Waals surface area contributed by atoms with Crippen LogP contribution in [-0.2, 0) is 18.1 Å². The van der Waals surface area contributed by atoms with Crippen molar-refractivity contribution in [1.29, 1.82) is 0 Å². The summed E-state index contributed by atoms with van der Waals surface area (Å²) in [4.78, 5) is 8.86. The second-order valence-electron chi connectivity index (χ2n) is 5.01. The van der Waals surface area contributed by atoms with E-state index in [-0.39, 0.29) is 0 Å². The molecule has 118 valence electrons. The molecule has 3 rings (SSSR count). The molecule has 7 heteroatoms. The van der Waals surface area contributed by atoms with E-state index in [2.05, 4.69) is 15.3 Å². The zero-order chi connectivity index (χ0) is 16.2. The summed E-state index contributed by atoms with van der Waals surface area (Å²) >= 11 is 5.14. The van der Waals surface area contributed by atoms with Gasteiger partial charge in [-0.15, -0.1) is 0 Å². The molecule has 0 fully saturated rings. The predicted octanol–water partition coefficient (Wildman–Crippen LogP) is 2.28. The molecule has 6 nitrogen and oxygen atoms in total. The average molecular weight is 327 g/mol. The largest absolute Gasteiger partial charge is 0.389 e. The number of nitrogens with zero attached hydrogens (tertiary/aromatic N) is 3. The lowest BCUT2D eigenvalue weighted by atomic mass is 10.2. The summed E-state index contributed by atoms with van der Waals surface area (Å²) in [7, 11) is 1.80. The van der Waals surface area contributed by atoms with Gasteiger partial charge in [0.15, 0.2) is 0 Å². The van der Waals surface area contributed by atoms with Crippen LogP contribution in [0.15, 0.2) is 42.9 Å². The van der Waals surface area contributed by atoms with Crippen LogP contribution in [0.3, 0.4) is 0 Å².